The van der Waals surface area contributed by atoms with Crippen LogP contribution in [0.15, 0.2) is 24.3 Å². The molecule has 0 spiro atoms. The summed E-state index contributed by atoms with van der Waals surface area (Å²) in [7, 11) is 1.47. The number of ether oxygens (including phenoxy) is 4. The van der Waals surface area contributed by atoms with E-state index in [0.29, 0.717) is 35.6 Å². The first kappa shape index (κ1) is 25.9. The maximum absolute atomic E-state index is 12.4. The van der Waals surface area contributed by atoms with E-state index in [2.05, 4.69) is 4.90 Å². The number of carbonyl (C=O) groups excluding carboxylic acids is 1. The highest BCUT2D eigenvalue weighted by atomic mass is 16.7. The highest BCUT2D eigenvalue weighted by molar-refractivity contribution is 5.87. The van der Waals surface area contributed by atoms with Gasteiger partial charge in [-0.15, -0.1) is 0 Å². The molecular formula is C26H37NO8. The van der Waals surface area contributed by atoms with Crippen LogP contribution in [0.3, 0.4) is 0 Å². The summed E-state index contributed by atoms with van der Waals surface area (Å²) in [6.07, 6.45) is 3.10. The number of hydrogen-bond donors (Lipinski definition) is 3. The Labute approximate surface area is 206 Å². The maximum Gasteiger partial charge on any atom is 0.330 e. The highest BCUT2D eigenvalue weighted by Crippen LogP contribution is 2.33. The normalized spacial score (nSPS) is 33.8. The number of piperidine rings is 2. The number of nitrogens with zero attached hydrogens (tertiary/aromatic N) is 1. The Bertz CT molecular complexity index is 890. The summed E-state index contributed by atoms with van der Waals surface area (Å²) in [5.74, 6) is 0.681. The quantitative estimate of drug-likeness (QED) is 0.387. The lowest BCUT2D eigenvalue weighted by Crippen LogP contribution is -2.58. The zero-order chi connectivity index (χ0) is 24.9. The number of rotatable bonds is 7. The Morgan fingerprint density at radius 1 is 1.09 bits per heavy atom. The molecular weight excluding hydrogens is 454 g/mol. The molecule has 0 aliphatic carbocycles. The summed E-state index contributed by atoms with van der Waals surface area (Å²) < 4.78 is 22.2. The molecule has 1 aromatic rings. The van der Waals surface area contributed by atoms with Gasteiger partial charge in [0.05, 0.1) is 19.8 Å². The zero-order valence-corrected chi connectivity index (χ0v) is 20.4. The van der Waals surface area contributed by atoms with Gasteiger partial charge in [-0.25, -0.2) is 4.79 Å². The lowest BCUT2D eigenvalue weighted by Gasteiger charge is -2.44. The van der Waals surface area contributed by atoms with Gasteiger partial charge in [0, 0.05) is 18.0 Å². The van der Waals surface area contributed by atoms with Crippen LogP contribution >= 0.6 is 0 Å². The molecule has 0 bridgehead atoms. The van der Waals surface area contributed by atoms with Gasteiger partial charge >= 0.3 is 5.97 Å². The smallest absolute Gasteiger partial charge is 0.330 e. The number of carbonyl (C=O) groups is 1. The van der Waals surface area contributed by atoms with Crippen LogP contribution < -0.4 is 9.47 Å². The van der Waals surface area contributed by atoms with Crippen molar-refractivity contribution in [2.45, 2.75) is 75.8 Å². The average Bonchev–Trinajstić information content (AvgIpc) is 2.88. The van der Waals surface area contributed by atoms with Crippen LogP contribution in [-0.2, 0) is 14.3 Å². The summed E-state index contributed by atoms with van der Waals surface area (Å²) in [4.78, 5) is 14.9. The lowest BCUT2D eigenvalue weighted by atomic mass is 9.84. The third-order valence-corrected chi connectivity index (χ3v) is 7.32. The first-order chi connectivity index (χ1) is 16.9. The largest absolute Gasteiger partial charge is 0.493 e. The molecule has 0 amide bonds. The van der Waals surface area contributed by atoms with Crippen molar-refractivity contribution in [3.63, 3.8) is 0 Å². The van der Waals surface area contributed by atoms with E-state index in [1.54, 1.807) is 31.2 Å². The van der Waals surface area contributed by atoms with Crippen LogP contribution in [0.4, 0.5) is 0 Å². The second kappa shape index (κ2) is 11.7. The van der Waals surface area contributed by atoms with Crippen molar-refractivity contribution >= 4 is 12.0 Å². The molecule has 3 N–H and O–H groups in total. The van der Waals surface area contributed by atoms with E-state index in [9.17, 15) is 20.1 Å². The van der Waals surface area contributed by atoms with Gasteiger partial charge in [-0.05, 0) is 69.5 Å². The van der Waals surface area contributed by atoms with E-state index in [-0.39, 0.29) is 5.97 Å². The van der Waals surface area contributed by atoms with E-state index in [1.807, 2.05) is 0 Å². The van der Waals surface area contributed by atoms with Crippen LogP contribution in [0.1, 0.15) is 44.6 Å². The minimum Gasteiger partial charge on any atom is -0.493 e. The van der Waals surface area contributed by atoms with Crippen LogP contribution in [0.2, 0.25) is 0 Å². The fraction of sp³-hybridized carbons (Fsp3) is 0.654. The number of hydrogen-bond acceptors (Lipinski definition) is 9. The van der Waals surface area contributed by atoms with Crippen LogP contribution in [0.5, 0.6) is 11.5 Å². The number of esters is 1. The Morgan fingerprint density at radius 3 is 2.69 bits per heavy atom. The number of fused-ring (bicyclic) bond motifs is 1. The van der Waals surface area contributed by atoms with Crippen LogP contribution in [-0.4, -0.2) is 89.7 Å². The number of methoxy groups -OCH3 is 1. The summed E-state index contributed by atoms with van der Waals surface area (Å²) in [5, 5.41) is 30.0. The molecule has 0 radical (unpaired) electrons. The van der Waals surface area contributed by atoms with Crippen molar-refractivity contribution in [3.8, 4) is 11.5 Å². The van der Waals surface area contributed by atoms with Crippen molar-refractivity contribution in [1.82, 2.24) is 4.90 Å². The van der Waals surface area contributed by atoms with E-state index in [1.165, 1.54) is 32.4 Å². The molecule has 3 saturated heterocycles. The third-order valence-electron chi connectivity index (χ3n) is 7.32. The van der Waals surface area contributed by atoms with Crippen molar-refractivity contribution in [2.24, 2.45) is 5.92 Å². The molecule has 7 atom stereocenters. The standard InChI is InChI=1S/C26H37NO8/c1-16-23(29)24(30)25(31)26(34-16)35-20-10-8-17(14-21(20)32-2)9-11-22(28)33-15-18-6-5-13-27-12-4-3-7-19(18)27/h8-11,14,16,18-19,23-26,29-31H,3-7,12-13,15H2,1-2H3/b11-9-/t16-,18+,19+,23-,24+,25-,26-/m0/s1. The predicted molar refractivity (Wildman–Crippen MR) is 128 cm³/mol. The molecule has 0 aromatic heterocycles. The second-order valence-electron chi connectivity index (χ2n) is 9.67. The Morgan fingerprint density at radius 2 is 1.89 bits per heavy atom. The molecule has 0 unspecified atom stereocenters. The minimum atomic E-state index is -1.43. The van der Waals surface area contributed by atoms with Gasteiger partial charge in [0.15, 0.2) is 11.5 Å². The lowest BCUT2D eigenvalue weighted by molar-refractivity contribution is -0.268. The molecule has 3 aliphatic heterocycles. The Hall–Kier alpha value is -2.17. The summed E-state index contributed by atoms with van der Waals surface area (Å²) in [6.45, 7) is 4.34. The fourth-order valence-corrected chi connectivity index (χ4v) is 5.29. The van der Waals surface area contributed by atoms with E-state index >= 15 is 0 Å². The summed E-state index contributed by atoms with van der Waals surface area (Å²) >= 11 is 0. The molecule has 9 heteroatoms. The van der Waals surface area contributed by atoms with Crippen molar-refractivity contribution < 1.29 is 39.1 Å². The van der Waals surface area contributed by atoms with E-state index < -0.39 is 30.7 Å². The molecule has 194 valence electrons. The fourth-order valence-electron chi connectivity index (χ4n) is 5.29. The second-order valence-corrected chi connectivity index (χ2v) is 9.67. The van der Waals surface area contributed by atoms with Crippen LogP contribution in [0.25, 0.3) is 6.08 Å². The molecule has 9 nitrogen and oxygen atoms in total. The van der Waals surface area contributed by atoms with Gasteiger partial charge in [-0.3, -0.25) is 4.90 Å². The topological polar surface area (TPSA) is 118 Å². The van der Waals surface area contributed by atoms with Gasteiger partial charge < -0.3 is 34.3 Å². The Balaban J connectivity index is 1.33. The average molecular weight is 492 g/mol. The molecule has 1 aromatic carbocycles. The highest BCUT2D eigenvalue weighted by Gasteiger charge is 2.43. The number of aliphatic hydroxyl groups is 3. The number of aliphatic hydroxyl groups excluding tert-OH is 3. The molecule has 0 saturated carbocycles. The van der Waals surface area contributed by atoms with Crippen molar-refractivity contribution in [2.75, 3.05) is 26.8 Å². The molecule has 3 heterocycles. The third kappa shape index (κ3) is 6.16. The van der Waals surface area contributed by atoms with Crippen LogP contribution in [0, 0.1) is 5.92 Å². The zero-order valence-electron chi connectivity index (χ0n) is 20.4. The maximum atomic E-state index is 12.4. The molecule has 35 heavy (non-hydrogen) atoms. The molecule has 3 fully saturated rings. The monoisotopic (exact) mass is 491 g/mol. The minimum absolute atomic E-state index is 0.293. The first-order valence-electron chi connectivity index (χ1n) is 12.5. The summed E-state index contributed by atoms with van der Waals surface area (Å²) in [6, 6.07) is 5.57. The van der Waals surface area contributed by atoms with Gasteiger partial charge in [0.1, 0.15) is 18.3 Å². The van der Waals surface area contributed by atoms with Crippen molar-refractivity contribution in [1.29, 1.82) is 0 Å². The summed E-state index contributed by atoms with van der Waals surface area (Å²) in [5.41, 5.74) is 0.705. The van der Waals surface area contributed by atoms with Gasteiger partial charge in [0.25, 0.3) is 0 Å². The molecule has 4 rings (SSSR count). The van der Waals surface area contributed by atoms with Crippen molar-refractivity contribution in [3.05, 3.63) is 29.8 Å². The van der Waals surface area contributed by atoms with Gasteiger partial charge in [0.2, 0.25) is 6.29 Å². The first-order valence-corrected chi connectivity index (χ1v) is 12.5. The van der Waals surface area contributed by atoms with E-state index in [4.69, 9.17) is 18.9 Å². The molecule has 3 aliphatic rings. The van der Waals surface area contributed by atoms with Gasteiger partial charge in [-0.2, -0.15) is 0 Å². The number of benzene rings is 1. The SMILES string of the molecule is COc1cc(/C=C\C(=O)OC[C@H]2CCCN3CCCC[C@H]23)ccc1O[C@@H]1O[C@@H](C)[C@H](O)[C@@H](O)[C@@H]1O. The van der Waals surface area contributed by atoms with E-state index in [0.717, 1.165) is 25.9 Å². The van der Waals surface area contributed by atoms with Gasteiger partial charge in [-0.1, -0.05) is 12.5 Å². The Kier molecular flexibility index (Phi) is 8.67. The predicted octanol–water partition coefficient (Wildman–Crippen LogP) is 1.72.